The first kappa shape index (κ1) is 18.2. The van der Waals surface area contributed by atoms with Crippen LogP contribution in [0, 0.1) is 10.1 Å². The van der Waals surface area contributed by atoms with Crippen molar-refractivity contribution in [2.24, 2.45) is 0 Å². The van der Waals surface area contributed by atoms with Crippen molar-refractivity contribution < 1.29 is 9.72 Å². The van der Waals surface area contributed by atoms with Crippen LogP contribution in [-0.2, 0) is 11.2 Å². The monoisotopic (exact) mass is 366 g/mol. The number of carbonyl (C=O) groups is 1. The Kier molecular flexibility index (Phi) is 5.80. The molecule has 0 unspecified atom stereocenters. The SMILES string of the molecule is C[C@H](c1cccc([N+](=O)[O-])c1)N(C)C(=O)Cc1c(Cl)cccc1Cl. The Morgan fingerprint density at radius 1 is 1.21 bits per heavy atom. The van der Waals surface area contributed by atoms with Gasteiger partial charge in [-0.25, -0.2) is 0 Å². The number of benzene rings is 2. The number of hydrogen-bond donors (Lipinski definition) is 0. The maximum absolute atomic E-state index is 12.5. The minimum Gasteiger partial charge on any atom is -0.339 e. The van der Waals surface area contributed by atoms with Crippen molar-refractivity contribution >= 4 is 34.8 Å². The summed E-state index contributed by atoms with van der Waals surface area (Å²) < 4.78 is 0. The lowest BCUT2D eigenvalue weighted by atomic mass is 10.1. The zero-order valence-corrected chi connectivity index (χ0v) is 14.7. The Morgan fingerprint density at radius 2 is 1.79 bits per heavy atom. The lowest BCUT2D eigenvalue weighted by Crippen LogP contribution is -2.31. The largest absolute Gasteiger partial charge is 0.339 e. The average molecular weight is 367 g/mol. The number of amides is 1. The summed E-state index contributed by atoms with van der Waals surface area (Å²) in [6, 6.07) is 11.0. The van der Waals surface area contributed by atoms with Gasteiger partial charge in [0.05, 0.1) is 17.4 Å². The molecule has 0 fully saturated rings. The number of hydrogen-bond acceptors (Lipinski definition) is 3. The lowest BCUT2D eigenvalue weighted by molar-refractivity contribution is -0.384. The van der Waals surface area contributed by atoms with Crippen molar-refractivity contribution in [3.05, 3.63) is 73.8 Å². The molecular formula is C17H16Cl2N2O3. The number of rotatable bonds is 5. The Labute approximate surface area is 149 Å². The molecule has 7 heteroatoms. The molecule has 0 aliphatic carbocycles. The predicted molar refractivity (Wildman–Crippen MR) is 94.4 cm³/mol. The standard InChI is InChI=1S/C17H16Cl2N2O3/c1-11(12-5-3-6-13(9-12)21(23)24)20(2)17(22)10-14-15(18)7-4-8-16(14)19/h3-9,11H,10H2,1-2H3/t11-/m1/s1. The second kappa shape index (κ2) is 7.64. The minimum atomic E-state index is -0.457. The van der Waals surface area contributed by atoms with Crippen LogP contribution >= 0.6 is 23.2 Å². The van der Waals surface area contributed by atoms with Crippen LogP contribution in [0.4, 0.5) is 5.69 Å². The Balaban J connectivity index is 2.18. The third-order valence-corrected chi connectivity index (χ3v) is 4.64. The molecule has 24 heavy (non-hydrogen) atoms. The van der Waals surface area contributed by atoms with Gasteiger partial charge in [-0.05, 0) is 30.2 Å². The van der Waals surface area contributed by atoms with Crippen molar-refractivity contribution in [3.63, 3.8) is 0 Å². The predicted octanol–water partition coefficient (Wildman–Crippen LogP) is 4.66. The van der Waals surface area contributed by atoms with Gasteiger partial charge in [-0.3, -0.25) is 14.9 Å². The van der Waals surface area contributed by atoms with Gasteiger partial charge in [-0.2, -0.15) is 0 Å². The molecule has 126 valence electrons. The van der Waals surface area contributed by atoms with E-state index in [4.69, 9.17) is 23.2 Å². The van der Waals surface area contributed by atoms with E-state index < -0.39 is 4.92 Å². The topological polar surface area (TPSA) is 63.5 Å². The van der Waals surface area contributed by atoms with E-state index in [1.165, 1.54) is 17.0 Å². The molecule has 0 saturated heterocycles. The summed E-state index contributed by atoms with van der Waals surface area (Å²) in [5, 5.41) is 11.8. The van der Waals surface area contributed by atoms with Gasteiger partial charge in [-0.1, -0.05) is 41.4 Å². The maximum atomic E-state index is 12.5. The molecule has 0 aliphatic rings. The fraction of sp³-hybridized carbons (Fsp3) is 0.235. The fourth-order valence-electron chi connectivity index (χ4n) is 2.31. The zero-order chi connectivity index (χ0) is 17.9. The minimum absolute atomic E-state index is 0.00523. The van der Waals surface area contributed by atoms with Crippen LogP contribution in [0.3, 0.4) is 0 Å². The molecule has 2 aromatic carbocycles. The molecular weight excluding hydrogens is 351 g/mol. The van der Waals surface area contributed by atoms with Crippen LogP contribution in [0.1, 0.15) is 24.1 Å². The maximum Gasteiger partial charge on any atom is 0.269 e. The van der Waals surface area contributed by atoms with E-state index in [2.05, 4.69) is 0 Å². The normalized spacial score (nSPS) is 11.8. The lowest BCUT2D eigenvalue weighted by Gasteiger charge is -2.25. The fourth-order valence-corrected chi connectivity index (χ4v) is 2.85. The third-order valence-electron chi connectivity index (χ3n) is 3.93. The molecule has 0 spiro atoms. The number of carbonyl (C=O) groups excluding carboxylic acids is 1. The first-order valence-corrected chi connectivity index (χ1v) is 7.99. The number of non-ortho nitro benzene ring substituents is 1. The smallest absolute Gasteiger partial charge is 0.269 e. The highest BCUT2D eigenvalue weighted by Gasteiger charge is 2.21. The van der Waals surface area contributed by atoms with Gasteiger partial charge in [0.15, 0.2) is 0 Å². The van der Waals surface area contributed by atoms with Crippen molar-refractivity contribution in [1.29, 1.82) is 0 Å². The van der Waals surface area contributed by atoms with Crippen LogP contribution in [0.25, 0.3) is 0 Å². The second-order valence-corrected chi connectivity index (χ2v) is 6.22. The van der Waals surface area contributed by atoms with Crippen molar-refractivity contribution in [1.82, 2.24) is 4.90 Å². The van der Waals surface area contributed by atoms with E-state index in [-0.39, 0.29) is 24.1 Å². The highest BCUT2D eigenvalue weighted by molar-refractivity contribution is 6.36. The summed E-state index contributed by atoms with van der Waals surface area (Å²) in [5.74, 6) is -0.177. The first-order valence-electron chi connectivity index (χ1n) is 7.24. The highest BCUT2D eigenvalue weighted by atomic mass is 35.5. The van der Waals surface area contributed by atoms with Crippen LogP contribution < -0.4 is 0 Å². The molecule has 2 aromatic rings. The molecule has 0 heterocycles. The van der Waals surface area contributed by atoms with Crippen molar-refractivity contribution in [2.45, 2.75) is 19.4 Å². The molecule has 2 rings (SSSR count). The summed E-state index contributed by atoms with van der Waals surface area (Å²) in [4.78, 5) is 24.5. The van der Waals surface area contributed by atoms with E-state index in [1.807, 2.05) is 6.92 Å². The molecule has 0 bridgehead atoms. The Bertz CT molecular complexity index is 760. The number of nitro groups is 1. The third kappa shape index (κ3) is 4.04. The average Bonchev–Trinajstić information content (AvgIpc) is 2.56. The number of halogens is 2. The first-order chi connectivity index (χ1) is 11.3. The molecule has 0 radical (unpaired) electrons. The number of likely N-dealkylation sites (N-methyl/N-ethyl adjacent to an activating group) is 1. The van der Waals surface area contributed by atoms with Gasteiger partial charge in [0.2, 0.25) is 5.91 Å². The zero-order valence-electron chi connectivity index (χ0n) is 13.2. The van der Waals surface area contributed by atoms with E-state index in [0.717, 1.165) is 0 Å². The molecule has 5 nitrogen and oxygen atoms in total. The quantitative estimate of drug-likeness (QED) is 0.570. The summed E-state index contributed by atoms with van der Waals surface area (Å²) in [5.41, 5.74) is 1.25. The summed E-state index contributed by atoms with van der Waals surface area (Å²) in [6.07, 6.45) is 0.0638. The highest BCUT2D eigenvalue weighted by Crippen LogP contribution is 2.27. The van der Waals surface area contributed by atoms with Crippen LogP contribution in [0.2, 0.25) is 10.0 Å². The molecule has 0 aromatic heterocycles. The second-order valence-electron chi connectivity index (χ2n) is 5.41. The van der Waals surface area contributed by atoms with E-state index in [1.54, 1.807) is 37.4 Å². The number of nitrogens with zero attached hydrogens (tertiary/aromatic N) is 2. The summed E-state index contributed by atoms with van der Waals surface area (Å²) in [7, 11) is 1.65. The summed E-state index contributed by atoms with van der Waals surface area (Å²) in [6.45, 7) is 1.81. The van der Waals surface area contributed by atoms with Gasteiger partial charge in [-0.15, -0.1) is 0 Å². The van der Waals surface area contributed by atoms with Crippen LogP contribution in [-0.4, -0.2) is 22.8 Å². The Morgan fingerprint density at radius 3 is 2.38 bits per heavy atom. The van der Waals surface area contributed by atoms with Crippen LogP contribution in [0.5, 0.6) is 0 Å². The van der Waals surface area contributed by atoms with E-state index in [0.29, 0.717) is 21.2 Å². The molecule has 1 atom stereocenters. The molecule has 0 saturated carbocycles. The molecule has 0 N–H and O–H groups in total. The molecule has 1 amide bonds. The van der Waals surface area contributed by atoms with E-state index in [9.17, 15) is 14.9 Å². The van der Waals surface area contributed by atoms with E-state index >= 15 is 0 Å². The van der Waals surface area contributed by atoms with Gasteiger partial charge >= 0.3 is 0 Å². The van der Waals surface area contributed by atoms with Gasteiger partial charge in [0.1, 0.15) is 0 Å². The van der Waals surface area contributed by atoms with Crippen molar-refractivity contribution in [2.75, 3.05) is 7.05 Å². The molecule has 0 aliphatic heterocycles. The number of nitro benzene ring substituents is 1. The van der Waals surface area contributed by atoms with Crippen LogP contribution in [0.15, 0.2) is 42.5 Å². The van der Waals surface area contributed by atoms with Gasteiger partial charge < -0.3 is 4.90 Å². The van der Waals surface area contributed by atoms with Gasteiger partial charge in [0.25, 0.3) is 5.69 Å². The summed E-state index contributed by atoms with van der Waals surface area (Å²) >= 11 is 12.2. The van der Waals surface area contributed by atoms with Gasteiger partial charge in [0, 0.05) is 29.2 Å². The Hall–Kier alpha value is -2.11. The van der Waals surface area contributed by atoms with Crippen molar-refractivity contribution in [3.8, 4) is 0 Å².